The van der Waals surface area contributed by atoms with Crippen molar-refractivity contribution >= 4 is 21.6 Å². The smallest absolute Gasteiger partial charge is 0.207 e. The van der Waals surface area contributed by atoms with Gasteiger partial charge in [0.15, 0.2) is 0 Å². The van der Waals surface area contributed by atoms with Crippen molar-refractivity contribution in [2.75, 3.05) is 13.1 Å². The van der Waals surface area contributed by atoms with E-state index in [0.717, 1.165) is 0 Å². The molecule has 1 aromatic carbocycles. The molecule has 1 aliphatic rings. The van der Waals surface area contributed by atoms with Gasteiger partial charge in [-0.25, -0.2) is 12.8 Å². The quantitative estimate of drug-likeness (QED) is 0.785. The fourth-order valence-electron chi connectivity index (χ4n) is 1.99. The van der Waals surface area contributed by atoms with Gasteiger partial charge < -0.3 is 0 Å². The maximum atomic E-state index is 13.2. The zero-order chi connectivity index (χ0) is 13.3. The zero-order valence-electron chi connectivity index (χ0n) is 10.1. The van der Waals surface area contributed by atoms with Crippen LogP contribution in [0.2, 0.25) is 0 Å². The molecule has 0 radical (unpaired) electrons. The van der Waals surface area contributed by atoms with Crippen molar-refractivity contribution in [2.24, 2.45) is 0 Å². The standard InChI is InChI=1S/C12H15ClFNO2S/c1-9-8-11(2-3-12(9)14)18(16,17)15-6-4-10(13)5-7-15/h2-3,8,10H,4-7H2,1H3. The predicted octanol–water partition coefficient (Wildman–Crippen LogP) is 2.53. The number of aryl methyl sites for hydroxylation is 1. The van der Waals surface area contributed by atoms with E-state index < -0.39 is 15.8 Å². The fourth-order valence-corrected chi connectivity index (χ4v) is 3.74. The van der Waals surface area contributed by atoms with Gasteiger partial charge in [-0.2, -0.15) is 4.31 Å². The summed E-state index contributed by atoms with van der Waals surface area (Å²) in [5.74, 6) is -0.395. The van der Waals surface area contributed by atoms with E-state index in [2.05, 4.69) is 0 Å². The molecule has 1 aliphatic heterocycles. The Morgan fingerprint density at radius 2 is 1.94 bits per heavy atom. The van der Waals surface area contributed by atoms with Crippen molar-refractivity contribution < 1.29 is 12.8 Å². The van der Waals surface area contributed by atoms with Crippen molar-refractivity contribution in [3.63, 3.8) is 0 Å². The molecule has 1 aromatic rings. The Morgan fingerprint density at radius 1 is 1.33 bits per heavy atom. The van der Waals surface area contributed by atoms with E-state index in [9.17, 15) is 12.8 Å². The summed E-state index contributed by atoms with van der Waals surface area (Å²) in [6.07, 6.45) is 1.31. The van der Waals surface area contributed by atoms with Crippen LogP contribution in [0.25, 0.3) is 0 Å². The first kappa shape index (κ1) is 13.8. The number of nitrogens with zero attached hydrogens (tertiary/aromatic N) is 1. The molecule has 0 atom stereocenters. The topological polar surface area (TPSA) is 37.4 Å². The number of hydrogen-bond acceptors (Lipinski definition) is 2. The second kappa shape index (κ2) is 5.15. The third-order valence-corrected chi connectivity index (χ3v) is 5.48. The molecule has 6 heteroatoms. The van der Waals surface area contributed by atoms with Gasteiger partial charge in [0.25, 0.3) is 0 Å². The number of hydrogen-bond donors (Lipinski definition) is 0. The van der Waals surface area contributed by atoms with E-state index >= 15 is 0 Å². The Morgan fingerprint density at radius 3 is 2.50 bits per heavy atom. The largest absolute Gasteiger partial charge is 0.243 e. The van der Waals surface area contributed by atoms with Gasteiger partial charge >= 0.3 is 0 Å². The van der Waals surface area contributed by atoms with Crippen LogP contribution in [-0.2, 0) is 10.0 Å². The normalized spacial score (nSPS) is 19.1. The average molecular weight is 292 g/mol. The van der Waals surface area contributed by atoms with Crippen LogP contribution >= 0.6 is 11.6 Å². The summed E-state index contributed by atoms with van der Waals surface area (Å²) < 4.78 is 39.2. The Bertz CT molecular complexity index is 539. The first-order chi connectivity index (χ1) is 8.41. The summed E-state index contributed by atoms with van der Waals surface area (Å²) in [6, 6.07) is 3.87. The molecule has 1 heterocycles. The highest BCUT2D eigenvalue weighted by Crippen LogP contribution is 2.24. The van der Waals surface area contributed by atoms with Crippen LogP contribution < -0.4 is 0 Å². The highest BCUT2D eigenvalue weighted by molar-refractivity contribution is 7.89. The zero-order valence-corrected chi connectivity index (χ0v) is 11.6. The van der Waals surface area contributed by atoms with Gasteiger partial charge in [0.1, 0.15) is 5.82 Å². The maximum Gasteiger partial charge on any atom is 0.243 e. The molecule has 0 bridgehead atoms. The number of benzene rings is 1. The third-order valence-electron chi connectivity index (χ3n) is 3.15. The minimum atomic E-state index is -3.52. The molecular formula is C12H15ClFNO2S. The summed E-state index contributed by atoms with van der Waals surface area (Å²) >= 11 is 5.95. The van der Waals surface area contributed by atoms with E-state index in [0.29, 0.717) is 31.5 Å². The molecule has 0 spiro atoms. The van der Waals surface area contributed by atoms with Gasteiger partial charge in [0.2, 0.25) is 10.0 Å². The number of rotatable bonds is 2. The molecule has 1 fully saturated rings. The SMILES string of the molecule is Cc1cc(S(=O)(=O)N2CCC(Cl)CC2)ccc1F. The molecule has 0 unspecified atom stereocenters. The molecule has 0 amide bonds. The van der Waals surface area contributed by atoms with Crippen molar-refractivity contribution in [3.05, 3.63) is 29.6 Å². The van der Waals surface area contributed by atoms with Gasteiger partial charge in [0.05, 0.1) is 4.90 Å². The van der Waals surface area contributed by atoms with Gasteiger partial charge in [-0.1, -0.05) is 0 Å². The number of piperidine rings is 1. The van der Waals surface area contributed by atoms with Crippen molar-refractivity contribution in [1.29, 1.82) is 0 Å². The Balaban J connectivity index is 2.27. The molecule has 2 rings (SSSR count). The van der Waals surface area contributed by atoms with E-state index in [-0.39, 0.29) is 10.3 Å². The van der Waals surface area contributed by atoms with Crippen LogP contribution in [0.3, 0.4) is 0 Å². The van der Waals surface area contributed by atoms with E-state index in [1.807, 2.05) is 0 Å². The van der Waals surface area contributed by atoms with E-state index in [1.165, 1.54) is 22.5 Å². The van der Waals surface area contributed by atoms with Crippen LogP contribution in [0.15, 0.2) is 23.1 Å². The summed E-state index contributed by atoms with van der Waals surface area (Å²) in [7, 11) is -3.52. The minimum Gasteiger partial charge on any atom is -0.207 e. The van der Waals surface area contributed by atoms with Gasteiger partial charge in [-0.05, 0) is 43.5 Å². The van der Waals surface area contributed by atoms with Crippen LogP contribution in [-0.4, -0.2) is 31.2 Å². The predicted molar refractivity (Wildman–Crippen MR) is 68.8 cm³/mol. The molecule has 0 aliphatic carbocycles. The fraction of sp³-hybridized carbons (Fsp3) is 0.500. The molecule has 100 valence electrons. The molecule has 18 heavy (non-hydrogen) atoms. The van der Waals surface area contributed by atoms with Crippen molar-refractivity contribution in [3.8, 4) is 0 Å². The summed E-state index contributed by atoms with van der Waals surface area (Å²) in [4.78, 5) is 0.148. The first-order valence-electron chi connectivity index (χ1n) is 5.81. The van der Waals surface area contributed by atoms with Gasteiger partial charge in [-0.3, -0.25) is 0 Å². The summed E-state index contributed by atoms with van der Waals surface area (Å²) in [6.45, 7) is 2.40. The van der Waals surface area contributed by atoms with Crippen LogP contribution in [0.5, 0.6) is 0 Å². The monoisotopic (exact) mass is 291 g/mol. The lowest BCUT2D eigenvalue weighted by Crippen LogP contribution is -2.38. The van der Waals surface area contributed by atoms with Crippen LogP contribution in [0.1, 0.15) is 18.4 Å². The first-order valence-corrected chi connectivity index (χ1v) is 7.69. The van der Waals surface area contributed by atoms with Gasteiger partial charge in [0, 0.05) is 18.5 Å². The van der Waals surface area contributed by atoms with Crippen molar-refractivity contribution in [2.45, 2.75) is 30.0 Å². The average Bonchev–Trinajstić information content (AvgIpc) is 2.33. The Labute approximate surface area is 112 Å². The minimum absolute atomic E-state index is 0.0476. The lowest BCUT2D eigenvalue weighted by molar-refractivity contribution is 0.350. The second-order valence-electron chi connectivity index (χ2n) is 4.49. The molecule has 3 nitrogen and oxygen atoms in total. The molecule has 0 N–H and O–H groups in total. The highest BCUT2D eigenvalue weighted by Gasteiger charge is 2.28. The van der Waals surface area contributed by atoms with Crippen molar-refractivity contribution in [1.82, 2.24) is 4.31 Å². The van der Waals surface area contributed by atoms with Crippen LogP contribution in [0, 0.1) is 12.7 Å². The maximum absolute atomic E-state index is 13.2. The van der Waals surface area contributed by atoms with E-state index in [4.69, 9.17) is 11.6 Å². The van der Waals surface area contributed by atoms with Gasteiger partial charge in [-0.15, -0.1) is 11.6 Å². The molecular weight excluding hydrogens is 277 g/mol. The molecule has 0 saturated carbocycles. The Hall–Kier alpha value is -0.650. The third kappa shape index (κ3) is 2.68. The molecule has 0 aromatic heterocycles. The number of alkyl halides is 1. The summed E-state index contributed by atoms with van der Waals surface area (Å²) in [5, 5.41) is 0.0476. The van der Waals surface area contributed by atoms with Crippen LogP contribution in [0.4, 0.5) is 4.39 Å². The highest BCUT2D eigenvalue weighted by atomic mass is 35.5. The number of halogens is 2. The Kier molecular flexibility index (Phi) is 3.94. The summed E-state index contributed by atoms with van der Waals surface area (Å²) in [5.41, 5.74) is 0.336. The number of sulfonamides is 1. The lowest BCUT2D eigenvalue weighted by atomic mass is 10.2. The second-order valence-corrected chi connectivity index (χ2v) is 7.04. The van der Waals surface area contributed by atoms with E-state index in [1.54, 1.807) is 6.92 Å². The lowest BCUT2D eigenvalue weighted by Gasteiger charge is -2.28. The molecule has 1 saturated heterocycles.